The summed E-state index contributed by atoms with van der Waals surface area (Å²) in [6.45, 7) is 1.67. The first-order valence-electron chi connectivity index (χ1n) is 8.03. The molecule has 0 spiro atoms. The Bertz CT molecular complexity index is 987. The van der Waals surface area contributed by atoms with Crippen molar-refractivity contribution in [3.63, 3.8) is 0 Å². The smallest absolute Gasteiger partial charge is 0.318 e. The Balaban J connectivity index is 1.99. The summed E-state index contributed by atoms with van der Waals surface area (Å²) in [7, 11) is 5.08. The van der Waals surface area contributed by atoms with E-state index in [1.165, 1.54) is 13.3 Å². The maximum Gasteiger partial charge on any atom is 0.318 e. The van der Waals surface area contributed by atoms with E-state index in [1.54, 1.807) is 44.1 Å². The van der Waals surface area contributed by atoms with Gasteiger partial charge in [0.2, 0.25) is 0 Å². The highest BCUT2D eigenvalue weighted by atomic mass is 35.5. The van der Waals surface area contributed by atoms with Crippen LogP contribution >= 0.6 is 11.6 Å². The molecule has 1 N–H and O–H groups in total. The average Bonchev–Trinajstić information content (AvgIpc) is 3.03. The van der Waals surface area contributed by atoms with Gasteiger partial charge in [0.25, 0.3) is 5.91 Å². The third-order valence-electron chi connectivity index (χ3n) is 3.82. The molecule has 8 nitrogen and oxygen atoms in total. The molecule has 3 aromatic rings. The lowest BCUT2D eigenvalue weighted by Crippen LogP contribution is -2.19. The van der Waals surface area contributed by atoms with Gasteiger partial charge in [-0.25, -0.2) is 4.98 Å². The van der Waals surface area contributed by atoms with Crippen LogP contribution in [-0.2, 0) is 0 Å². The number of carbonyl (C=O) groups excluding carboxylic acids is 1. The highest BCUT2D eigenvalue weighted by Crippen LogP contribution is 2.32. The molecular formula is C18H18ClN5O3. The molecule has 0 aliphatic carbocycles. The average molecular weight is 388 g/mol. The number of ether oxygens (including phenoxy) is 1. The zero-order valence-corrected chi connectivity index (χ0v) is 16.0. The molecule has 0 radical (unpaired) electrons. The molecule has 0 aliphatic heterocycles. The number of nitrogens with zero attached hydrogens (tertiary/aromatic N) is 4. The molecule has 0 atom stereocenters. The molecule has 9 heteroatoms. The van der Waals surface area contributed by atoms with Crippen molar-refractivity contribution >= 4 is 29.0 Å². The molecule has 0 unspecified atom stereocenters. The van der Waals surface area contributed by atoms with E-state index in [9.17, 15) is 4.79 Å². The van der Waals surface area contributed by atoms with Crippen molar-refractivity contribution in [2.24, 2.45) is 0 Å². The molecular weight excluding hydrogens is 370 g/mol. The molecule has 140 valence electrons. The molecule has 2 aromatic heterocycles. The van der Waals surface area contributed by atoms with E-state index >= 15 is 0 Å². The number of hydrogen-bond donors (Lipinski definition) is 1. The van der Waals surface area contributed by atoms with Gasteiger partial charge in [-0.2, -0.15) is 4.98 Å². The van der Waals surface area contributed by atoms with Gasteiger partial charge >= 0.3 is 6.01 Å². The molecule has 0 fully saturated rings. The Morgan fingerprint density at radius 2 is 2.04 bits per heavy atom. The first-order valence-corrected chi connectivity index (χ1v) is 8.41. The number of methoxy groups -OCH3 is 1. The van der Waals surface area contributed by atoms with Crippen LogP contribution in [0.25, 0.3) is 11.3 Å². The highest BCUT2D eigenvalue weighted by molar-refractivity contribution is 6.33. The monoisotopic (exact) mass is 387 g/mol. The van der Waals surface area contributed by atoms with E-state index < -0.39 is 5.91 Å². The second-order valence-corrected chi connectivity index (χ2v) is 6.29. The van der Waals surface area contributed by atoms with Crippen LogP contribution in [0.15, 0.2) is 35.0 Å². The summed E-state index contributed by atoms with van der Waals surface area (Å²) in [5.41, 5.74) is 1.71. The van der Waals surface area contributed by atoms with Crippen molar-refractivity contribution in [3.8, 4) is 17.3 Å². The van der Waals surface area contributed by atoms with Crippen LogP contribution in [0.4, 0.5) is 11.5 Å². The summed E-state index contributed by atoms with van der Waals surface area (Å²) in [4.78, 5) is 23.0. The number of aryl methyl sites for hydroxylation is 1. The maximum absolute atomic E-state index is 13.0. The fourth-order valence-electron chi connectivity index (χ4n) is 2.55. The van der Waals surface area contributed by atoms with Crippen molar-refractivity contribution in [1.82, 2.24) is 15.1 Å². The lowest BCUT2D eigenvalue weighted by atomic mass is 10.1. The topological polar surface area (TPSA) is 93.4 Å². The number of benzene rings is 1. The molecule has 0 bridgehead atoms. The van der Waals surface area contributed by atoms with Gasteiger partial charge in [-0.15, -0.1) is 0 Å². The van der Waals surface area contributed by atoms with E-state index in [0.29, 0.717) is 39.1 Å². The third-order valence-corrected chi connectivity index (χ3v) is 4.15. The van der Waals surface area contributed by atoms with Crippen LogP contribution < -0.4 is 15.0 Å². The number of rotatable bonds is 5. The summed E-state index contributed by atoms with van der Waals surface area (Å²) >= 11 is 6.25. The Morgan fingerprint density at radius 3 is 2.70 bits per heavy atom. The second kappa shape index (κ2) is 7.63. The lowest BCUT2D eigenvalue weighted by Gasteiger charge is -2.16. The number of anilines is 2. The second-order valence-electron chi connectivity index (χ2n) is 5.88. The standard InChI is InChI=1S/C18H18ClN5O3/c1-10-14(15(23-27-10)11-7-5-6-8-12(11)19)17(25)21-13-9-20-18(26-4)22-16(13)24(2)3/h5-9H,1-4H3,(H,21,25). The minimum absolute atomic E-state index is 0.203. The minimum Gasteiger partial charge on any atom is -0.467 e. The number of nitrogens with one attached hydrogen (secondary N) is 1. The van der Waals surface area contributed by atoms with Gasteiger partial charge in [-0.1, -0.05) is 35.0 Å². The summed E-state index contributed by atoms with van der Waals surface area (Å²) in [6.07, 6.45) is 1.48. The van der Waals surface area contributed by atoms with Crippen LogP contribution in [-0.4, -0.2) is 42.2 Å². The summed E-state index contributed by atoms with van der Waals surface area (Å²) in [5.74, 6) is 0.479. The predicted molar refractivity (Wildman–Crippen MR) is 103 cm³/mol. The van der Waals surface area contributed by atoms with Gasteiger partial charge in [-0.05, 0) is 13.0 Å². The number of carbonyl (C=O) groups is 1. The van der Waals surface area contributed by atoms with Crippen LogP contribution in [0.5, 0.6) is 6.01 Å². The fraction of sp³-hybridized carbons (Fsp3) is 0.222. The van der Waals surface area contributed by atoms with Gasteiger partial charge in [0.15, 0.2) is 5.82 Å². The van der Waals surface area contributed by atoms with Crippen molar-refractivity contribution in [1.29, 1.82) is 0 Å². The molecule has 1 amide bonds. The zero-order valence-electron chi connectivity index (χ0n) is 15.3. The van der Waals surface area contributed by atoms with E-state index in [0.717, 1.165) is 0 Å². The number of halogens is 1. The lowest BCUT2D eigenvalue weighted by molar-refractivity contribution is 0.102. The summed E-state index contributed by atoms with van der Waals surface area (Å²) in [6, 6.07) is 7.32. The Labute approximate surface area is 161 Å². The summed E-state index contributed by atoms with van der Waals surface area (Å²) < 4.78 is 10.3. The van der Waals surface area contributed by atoms with E-state index in [2.05, 4.69) is 20.4 Å². The number of aromatic nitrogens is 3. The maximum atomic E-state index is 13.0. The first kappa shape index (κ1) is 18.7. The van der Waals surface area contributed by atoms with E-state index in [1.807, 2.05) is 6.07 Å². The van der Waals surface area contributed by atoms with E-state index in [-0.39, 0.29) is 6.01 Å². The zero-order chi connectivity index (χ0) is 19.6. The van der Waals surface area contributed by atoms with Crippen molar-refractivity contribution in [3.05, 3.63) is 46.8 Å². The SMILES string of the molecule is COc1ncc(NC(=O)c2c(-c3ccccc3Cl)noc2C)c(N(C)C)n1. The normalized spacial score (nSPS) is 10.6. The van der Waals surface area contributed by atoms with Gasteiger partial charge in [0, 0.05) is 19.7 Å². The molecule has 1 aromatic carbocycles. The molecule has 0 saturated carbocycles. The summed E-state index contributed by atoms with van der Waals surface area (Å²) in [5, 5.41) is 7.30. The van der Waals surface area contributed by atoms with Crippen LogP contribution in [0, 0.1) is 6.92 Å². The molecule has 0 aliphatic rings. The Morgan fingerprint density at radius 1 is 1.30 bits per heavy atom. The third kappa shape index (κ3) is 3.70. The fourth-order valence-corrected chi connectivity index (χ4v) is 2.77. The Hall–Kier alpha value is -3.13. The van der Waals surface area contributed by atoms with Gasteiger partial charge < -0.3 is 19.5 Å². The van der Waals surface area contributed by atoms with Crippen molar-refractivity contribution in [2.75, 3.05) is 31.4 Å². The quantitative estimate of drug-likeness (QED) is 0.716. The first-order chi connectivity index (χ1) is 12.9. The van der Waals surface area contributed by atoms with Gasteiger partial charge in [-0.3, -0.25) is 4.79 Å². The van der Waals surface area contributed by atoms with Gasteiger partial charge in [0.1, 0.15) is 22.7 Å². The van der Waals surface area contributed by atoms with Crippen LogP contribution in [0.1, 0.15) is 16.1 Å². The minimum atomic E-state index is -0.402. The van der Waals surface area contributed by atoms with E-state index in [4.69, 9.17) is 20.9 Å². The molecule has 3 rings (SSSR count). The number of amides is 1. The largest absolute Gasteiger partial charge is 0.467 e. The van der Waals surface area contributed by atoms with Crippen molar-refractivity contribution < 1.29 is 14.1 Å². The van der Waals surface area contributed by atoms with Crippen LogP contribution in [0.3, 0.4) is 0 Å². The number of hydrogen-bond acceptors (Lipinski definition) is 7. The predicted octanol–water partition coefficient (Wildman–Crippen LogP) is 3.42. The Kier molecular flexibility index (Phi) is 5.27. The van der Waals surface area contributed by atoms with Crippen LogP contribution in [0.2, 0.25) is 5.02 Å². The van der Waals surface area contributed by atoms with Gasteiger partial charge in [0.05, 0.1) is 18.3 Å². The molecule has 27 heavy (non-hydrogen) atoms. The van der Waals surface area contributed by atoms with Crippen molar-refractivity contribution in [2.45, 2.75) is 6.92 Å². The highest BCUT2D eigenvalue weighted by Gasteiger charge is 2.24. The molecule has 2 heterocycles. The molecule has 0 saturated heterocycles.